The molecule has 0 radical (unpaired) electrons. The average molecular weight is 138 g/mol. The van der Waals surface area contributed by atoms with Gasteiger partial charge in [-0.3, -0.25) is 0 Å². The van der Waals surface area contributed by atoms with Crippen molar-refractivity contribution in [1.82, 2.24) is 0 Å². The lowest BCUT2D eigenvalue weighted by Gasteiger charge is -1.89. The van der Waals surface area contributed by atoms with Crippen molar-refractivity contribution in [2.24, 2.45) is 10.9 Å². The molecule has 1 heterocycles. The standard InChI is InChI=1S/C7H10N2O/c1-5-3-4-7(10-5)6(2)9-8/h3-4H,8H2,1-2H3/b9-6+. The zero-order valence-corrected chi connectivity index (χ0v) is 6.09. The molecule has 0 atom stereocenters. The molecular weight excluding hydrogens is 128 g/mol. The summed E-state index contributed by atoms with van der Waals surface area (Å²) >= 11 is 0. The minimum atomic E-state index is 0.716. The lowest BCUT2D eigenvalue weighted by molar-refractivity contribution is 0.525. The summed E-state index contributed by atoms with van der Waals surface area (Å²) in [5.41, 5.74) is 0.716. The van der Waals surface area contributed by atoms with Gasteiger partial charge in [0.15, 0.2) is 0 Å². The molecule has 2 N–H and O–H groups in total. The Morgan fingerprint density at radius 1 is 1.60 bits per heavy atom. The van der Waals surface area contributed by atoms with Gasteiger partial charge in [-0.1, -0.05) is 0 Å². The first kappa shape index (κ1) is 6.86. The Labute approximate surface area is 59.5 Å². The average Bonchev–Trinajstić information content (AvgIpc) is 2.34. The van der Waals surface area contributed by atoms with Gasteiger partial charge in [0.1, 0.15) is 11.5 Å². The van der Waals surface area contributed by atoms with Crippen LogP contribution in [0.4, 0.5) is 0 Å². The molecule has 0 aliphatic rings. The van der Waals surface area contributed by atoms with Gasteiger partial charge in [-0.05, 0) is 26.0 Å². The van der Waals surface area contributed by atoms with Crippen LogP contribution in [0.5, 0.6) is 0 Å². The molecule has 0 unspecified atom stereocenters. The van der Waals surface area contributed by atoms with Gasteiger partial charge in [-0.15, -0.1) is 0 Å². The van der Waals surface area contributed by atoms with Gasteiger partial charge in [-0.25, -0.2) is 0 Å². The molecule has 1 rings (SSSR count). The summed E-state index contributed by atoms with van der Waals surface area (Å²) in [6.07, 6.45) is 0. The van der Waals surface area contributed by atoms with Crippen LogP contribution in [0.2, 0.25) is 0 Å². The second kappa shape index (κ2) is 2.56. The van der Waals surface area contributed by atoms with E-state index in [1.54, 1.807) is 6.92 Å². The molecule has 0 spiro atoms. The SMILES string of the molecule is C/C(=N\N)c1ccc(C)o1. The van der Waals surface area contributed by atoms with E-state index in [4.69, 9.17) is 10.3 Å². The summed E-state index contributed by atoms with van der Waals surface area (Å²) in [4.78, 5) is 0. The Morgan fingerprint density at radius 3 is 2.70 bits per heavy atom. The molecule has 0 saturated heterocycles. The molecule has 0 bridgehead atoms. The maximum Gasteiger partial charge on any atom is 0.149 e. The van der Waals surface area contributed by atoms with E-state index in [1.807, 2.05) is 19.1 Å². The number of nitrogens with two attached hydrogens (primary N) is 1. The summed E-state index contributed by atoms with van der Waals surface area (Å²) in [6.45, 7) is 3.69. The predicted molar refractivity (Wildman–Crippen MR) is 39.8 cm³/mol. The summed E-state index contributed by atoms with van der Waals surface area (Å²) in [5, 5.41) is 3.49. The Morgan fingerprint density at radius 2 is 2.30 bits per heavy atom. The van der Waals surface area contributed by atoms with Gasteiger partial charge >= 0.3 is 0 Å². The van der Waals surface area contributed by atoms with Crippen LogP contribution in [0.1, 0.15) is 18.4 Å². The van der Waals surface area contributed by atoms with Gasteiger partial charge in [-0.2, -0.15) is 5.10 Å². The number of furan rings is 1. The lowest BCUT2D eigenvalue weighted by atomic mass is 10.3. The molecule has 0 amide bonds. The highest BCUT2D eigenvalue weighted by Gasteiger charge is 1.99. The highest BCUT2D eigenvalue weighted by Crippen LogP contribution is 2.06. The van der Waals surface area contributed by atoms with E-state index < -0.39 is 0 Å². The van der Waals surface area contributed by atoms with E-state index in [2.05, 4.69) is 5.10 Å². The Balaban J connectivity index is 2.95. The fraction of sp³-hybridized carbons (Fsp3) is 0.286. The van der Waals surface area contributed by atoms with Crippen molar-refractivity contribution in [3.8, 4) is 0 Å². The zero-order chi connectivity index (χ0) is 7.56. The van der Waals surface area contributed by atoms with Crippen LogP contribution in [0.25, 0.3) is 0 Å². The van der Waals surface area contributed by atoms with Crippen molar-refractivity contribution in [3.63, 3.8) is 0 Å². The normalized spacial score (nSPS) is 12.0. The second-order valence-corrected chi connectivity index (χ2v) is 2.12. The zero-order valence-electron chi connectivity index (χ0n) is 6.09. The Hall–Kier alpha value is -1.25. The Bertz CT molecular complexity index is 250. The lowest BCUT2D eigenvalue weighted by Crippen LogP contribution is -1.95. The molecule has 0 aliphatic heterocycles. The number of hydrazone groups is 1. The molecule has 1 aromatic heterocycles. The van der Waals surface area contributed by atoms with Gasteiger partial charge in [0.25, 0.3) is 0 Å². The number of hydrogen-bond acceptors (Lipinski definition) is 3. The quantitative estimate of drug-likeness (QED) is 0.361. The molecule has 0 aliphatic carbocycles. The fourth-order valence-electron chi connectivity index (χ4n) is 0.693. The highest BCUT2D eigenvalue weighted by molar-refractivity contribution is 5.95. The smallest absolute Gasteiger partial charge is 0.149 e. The van der Waals surface area contributed by atoms with Crippen molar-refractivity contribution < 1.29 is 4.42 Å². The largest absolute Gasteiger partial charge is 0.460 e. The van der Waals surface area contributed by atoms with Crippen molar-refractivity contribution in [2.75, 3.05) is 0 Å². The minimum Gasteiger partial charge on any atom is -0.460 e. The third kappa shape index (κ3) is 1.18. The summed E-state index contributed by atoms with van der Waals surface area (Å²) < 4.78 is 5.23. The van der Waals surface area contributed by atoms with Crippen molar-refractivity contribution >= 4 is 5.71 Å². The first-order chi connectivity index (χ1) is 4.74. The van der Waals surface area contributed by atoms with Gasteiger partial charge < -0.3 is 10.3 Å². The molecule has 0 fully saturated rings. The molecule has 54 valence electrons. The molecule has 0 aromatic carbocycles. The first-order valence-corrected chi connectivity index (χ1v) is 3.05. The second-order valence-electron chi connectivity index (χ2n) is 2.12. The van der Waals surface area contributed by atoms with E-state index >= 15 is 0 Å². The van der Waals surface area contributed by atoms with Gasteiger partial charge in [0, 0.05) is 0 Å². The third-order valence-electron chi connectivity index (χ3n) is 1.29. The molecule has 0 saturated carbocycles. The third-order valence-corrected chi connectivity index (χ3v) is 1.29. The van der Waals surface area contributed by atoms with E-state index in [0.29, 0.717) is 5.71 Å². The van der Waals surface area contributed by atoms with Crippen molar-refractivity contribution in [3.05, 3.63) is 23.7 Å². The minimum absolute atomic E-state index is 0.716. The van der Waals surface area contributed by atoms with E-state index in [1.165, 1.54) is 0 Å². The first-order valence-electron chi connectivity index (χ1n) is 3.05. The van der Waals surface area contributed by atoms with Gasteiger partial charge in [0.2, 0.25) is 0 Å². The van der Waals surface area contributed by atoms with Crippen molar-refractivity contribution in [1.29, 1.82) is 0 Å². The highest BCUT2D eigenvalue weighted by atomic mass is 16.3. The molecule has 10 heavy (non-hydrogen) atoms. The van der Waals surface area contributed by atoms with E-state index in [0.717, 1.165) is 11.5 Å². The number of hydrogen-bond donors (Lipinski definition) is 1. The summed E-state index contributed by atoms with van der Waals surface area (Å²) in [6, 6.07) is 3.73. The maximum absolute atomic E-state index is 5.23. The Kier molecular flexibility index (Phi) is 1.76. The van der Waals surface area contributed by atoms with Crippen LogP contribution in [0, 0.1) is 6.92 Å². The van der Waals surface area contributed by atoms with Crippen LogP contribution in [0.3, 0.4) is 0 Å². The maximum atomic E-state index is 5.23. The molecule has 3 heteroatoms. The molecule has 3 nitrogen and oxygen atoms in total. The van der Waals surface area contributed by atoms with Crippen LogP contribution in [-0.2, 0) is 0 Å². The fourth-order valence-corrected chi connectivity index (χ4v) is 0.693. The monoisotopic (exact) mass is 138 g/mol. The molecular formula is C7H10N2O. The number of nitrogens with zero attached hydrogens (tertiary/aromatic N) is 1. The van der Waals surface area contributed by atoms with Crippen LogP contribution in [0.15, 0.2) is 21.7 Å². The number of aryl methyl sites for hydroxylation is 1. The predicted octanol–water partition coefficient (Wildman–Crippen LogP) is 1.27. The van der Waals surface area contributed by atoms with E-state index in [-0.39, 0.29) is 0 Å². The van der Waals surface area contributed by atoms with Crippen molar-refractivity contribution in [2.45, 2.75) is 13.8 Å². The van der Waals surface area contributed by atoms with Crippen LogP contribution < -0.4 is 5.84 Å². The van der Waals surface area contributed by atoms with E-state index in [9.17, 15) is 0 Å². The topological polar surface area (TPSA) is 51.5 Å². The summed E-state index contributed by atoms with van der Waals surface area (Å²) in [5.74, 6) is 6.65. The van der Waals surface area contributed by atoms with Crippen LogP contribution >= 0.6 is 0 Å². The number of rotatable bonds is 1. The molecule has 1 aromatic rings. The van der Waals surface area contributed by atoms with Crippen LogP contribution in [-0.4, -0.2) is 5.71 Å². The summed E-state index contributed by atoms with van der Waals surface area (Å²) in [7, 11) is 0. The van der Waals surface area contributed by atoms with Gasteiger partial charge in [0.05, 0.1) is 5.71 Å².